The molecule has 0 aromatic heterocycles. The van der Waals surface area contributed by atoms with Crippen molar-refractivity contribution in [1.29, 1.82) is 0 Å². The van der Waals surface area contributed by atoms with Gasteiger partial charge in [-0.15, -0.1) is 12.4 Å². The van der Waals surface area contributed by atoms with Crippen molar-refractivity contribution in [2.24, 2.45) is 0 Å². The SMILES string of the molecule is COc1cc(OC)cc(C(=O)N(C)C2CNC2)c1.Cl. The van der Waals surface area contributed by atoms with Gasteiger partial charge in [-0.05, 0) is 12.1 Å². The van der Waals surface area contributed by atoms with Gasteiger partial charge in [-0.3, -0.25) is 4.79 Å². The number of amides is 1. The predicted molar refractivity (Wildman–Crippen MR) is 75.5 cm³/mol. The predicted octanol–water partition coefficient (Wildman–Crippen LogP) is 1.17. The third-order valence-corrected chi connectivity index (χ3v) is 3.23. The van der Waals surface area contributed by atoms with Crippen molar-refractivity contribution in [3.05, 3.63) is 23.8 Å². The van der Waals surface area contributed by atoms with Crippen molar-refractivity contribution in [3.8, 4) is 11.5 Å². The average Bonchev–Trinajstić information content (AvgIpc) is 2.34. The van der Waals surface area contributed by atoms with E-state index in [1.54, 1.807) is 37.3 Å². The largest absolute Gasteiger partial charge is 0.497 e. The number of hydrogen-bond acceptors (Lipinski definition) is 4. The Bertz CT molecular complexity index is 427. The van der Waals surface area contributed by atoms with Crippen LogP contribution in [-0.2, 0) is 0 Å². The summed E-state index contributed by atoms with van der Waals surface area (Å²) in [4.78, 5) is 14.1. The molecule has 1 N–H and O–H groups in total. The van der Waals surface area contributed by atoms with Crippen LogP contribution in [0.3, 0.4) is 0 Å². The second-order valence-corrected chi connectivity index (χ2v) is 4.33. The number of benzene rings is 1. The van der Waals surface area contributed by atoms with Gasteiger partial charge >= 0.3 is 0 Å². The number of ether oxygens (including phenoxy) is 2. The van der Waals surface area contributed by atoms with Crippen LogP contribution in [0.4, 0.5) is 0 Å². The first kappa shape index (κ1) is 15.6. The third-order valence-electron chi connectivity index (χ3n) is 3.23. The molecule has 0 saturated carbocycles. The lowest BCUT2D eigenvalue weighted by Gasteiger charge is -2.35. The van der Waals surface area contributed by atoms with Gasteiger partial charge in [-0.1, -0.05) is 0 Å². The summed E-state index contributed by atoms with van der Waals surface area (Å²) >= 11 is 0. The fourth-order valence-electron chi connectivity index (χ4n) is 1.85. The van der Waals surface area contributed by atoms with Gasteiger partial charge in [-0.2, -0.15) is 0 Å². The van der Waals surface area contributed by atoms with Crippen LogP contribution in [0.1, 0.15) is 10.4 Å². The summed E-state index contributed by atoms with van der Waals surface area (Å²) in [6.07, 6.45) is 0. The molecule has 1 aromatic carbocycles. The highest BCUT2D eigenvalue weighted by molar-refractivity contribution is 5.95. The highest BCUT2D eigenvalue weighted by Crippen LogP contribution is 2.23. The monoisotopic (exact) mass is 286 g/mol. The maximum Gasteiger partial charge on any atom is 0.254 e. The van der Waals surface area contributed by atoms with Crippen LogP contribution in [0.25, 0.3) is 0 Å². The number of likely N-dealkylation sites (N-methyl/N-ethyl adjacent to an activating group) is 1. The van der Waals surface area contributed by atoms with Crippen molar-refractivity contribution in [3.63, 3.8) is 0 Å². The van der Waals surface area contributed by atoms with E-state index in [4.69, 9.17) is 9.47 Å². The van der Waals surface area contributed by atoms with E-state index in [1.807, 2.05) is 7.05 Å². The van der Waals surface area contributed by atoms with Crippen molar-refractivity contribution in [2.75, 3.05) is 34.4 Å². The standard InChI is InChI=1S/C13H18N2O3.ClH/c1-15(10-7-14-8-10)13(16)9-4-11(17-2)6-12(5-9)18-3;/h4-6,10,14H,7-8H2,1-3H3;1H. The lowest BCUT2D eigenvalue weighted by atomic mass is 10.1. The molecular weight excluding hydrogens is 268 g/mol. The molecule has 1 saturated heterocycles. The van der Waals surface area contributed by atoms with E-state index in [2.05, 4.69) is 5.32 Å². The van der Waals surface area contributed by atoms with Crippen LogP contribution in [-0.4, -0.2) is 51.2 Å². The van der Waals surface area contributed by atoms with E-state index in [9.17, 15) is 4.79 Å². The van der Waals surface area contributed by atoms with E-state index in [1.165, 1.54) is 0 Å². The van der Waals surface area contributed by atoms with Crippen LogP contribution in [0.15, 0.2) is 18.2 Å². The summed E-state index contributed by atoms with van der Waals surface area (Å²) in [5.41, 5.74) is 0.584. The minimum absolute atomic E-state index is 0. The Balaban J connectivity index is 0.00000180. The molecule has 0 bridgehead atoms. The number of halogens is 1. The molecule has 0 spiro atoms. The van der Waals surface area contributed by atoms with E-state index in [0.717, 1.165) is 13.1 Å². The Morgan fingerprint density at radius 3 is 2.11 bits per heavy atom. The number of nitrogens with zero attached hydrogens (tertiary/aromatic N) is 1. The molecule has 1 aliphatic heterocycles. The molecule has 0 atom stereocenters. The fraction of sp³-hybridized carbons (Fsp3) is 0.462. The minimum Gasteiger partial charge on any atom is -0.497 e. The van der Waals surface area contributed by atoms with Crippen molar-refractivity contribution >= 4 is 18.3 Å². The van der Waals surface area contributed by atoms with Gasteiger partial charge < -0.3 is 19.7 Å². The Hall–Kier alpha value is -1.46. The zero-order valence-corrected chi connectivity index (χ0v) is 12.1. The van der Waals surface area contributed by atoms with Crippen molar-refractivity contribution in [1.82, 2.24) is 10.2 Å². The molecule has 0 radical (unpaired) electrons. The maximum absolute atomic E-state index is 12.3. The summed E-state index contributed by atoms with van der Waals surface area (Å²) < 4.78 is 10.3. The number of carbonyl (C=O) groups is 1. The maximum atomic E-state index is 12.3. The van der Waals surface area contributed by atoms with Crippen molar-refractivity contribution in [2.45, 2.75) is 6.04 Å². The average molecular weight is 287 g/mol. The van der Waals surface area contributed by atoms with Gasteiger partial charge in [0.2, 0.25) is 0 Å². The van der Waals surface area contributed by atoms with Gasteiger partial charge in [-0.25, -0.2) is 0 Å². The van der Waals surface area contributed by atoms with Gasteiger partial charge in [0.05, 0.1) is 20.3 Å². The van der Waals surface area contributed by atoms with Gasteiger partial charge in [0.25, 0.3) is 5.91 Å². The lowest BCUT2D eigenvalue weighted by Crippen LogP contribution is -2.57. The van der Waals surface area contributed by atoms with Crippen molar-refractivity contribution < 1.29 is 14.3 Å². The molecule has 5 nitrogen and oxygen atoms in total. The number of hydrogen-bond donors (Lipinski definition) is 1. The Kier molecular flexibility index (Phi) is 5.44. The first-order valence-electron chi connectivity index (χ1n) is 5.86. The van der Waals surface area contributed by atoms with E-state index in [0.29, 0.717) is 17.1 Å². The van der Waals surface area contributed by atoms with Crippen LogP contribution in [0.5, 0.6) is 11.5 Å². The first-order chi connectivity index (χ1) is 8.65. The van der Waals surface area contributed by atoms with Gasteiger partial charge in [0.1, 0.15) is 11.5 Å². The highest BCUT2D eigenvalue weighted by atomic mass is 35.5. The molecule has 19 heavy (non-hydrogen) atoms. The smallest absolute Gasteiger partial charge is 0.254 e. The Morgan fingerprint density at radius 1 is 1.21 bits per heavy atom. The van der Waals surface area contributed by atoms with Crippen LogP contribution < -0.4 is 14.8 Å². The number of methoxy groups -OCH3 is 2. The van der Waals surface area contributed by atoms with Crippen LogP contribution in [0, 0.1) is 0 Å². The van der Waals surface area contributed by atoms with E-state index >= 15 is 0 Å². The topological polar surface area (TPSA) is 50.8 Å². The molecule has 1 aromatic rings. The summed E-state index contributed by atoms with van der Waals surface area (Å²) in [6.45, 7) is 1.70. The summed E-state index contributed by atoms with van der Waals surface area (Å²) in [6, 6.07) is 5.48. The molecule has 1 heterocycles. The van der Waals surface area contributed by atoms with Gasteiger partial charge in [0.15, 0.2) is 0 Å². The van der Waals surface area contributed by atoms with Crippen LogP contribution >= 0.6 is 12.4 Å². The lowest BCUT2D eigenvalue weighted by molar-refractivity contribution is 0.0680. The van der Waals surface area contributed by atoms with E-state index in [-0.39, 0.29) is 24.4 Å². The second kappa shape index (κ2) is 6.63. The molecule has 1 aliphatic rings. The summed E-state index contributed by atoms with van der Waals surface area (Å²) in [5.74, 6) is 1.23. The molecule has 1 fully saturated rings. The molecule has 106 valence electrons. The molecule has 2 rings (SSSR count). The zero-order valence-electron chi connectivity index (χ0n) is 11.3. The molecular formula is C13H19ClN2O3. The number of carbonyl (C=O) groups excluding carboxylic acids is 1. The minimum atomic E-state index is -0.0151. The number of rotatable bonds is 4. The first-order valence-corrected chi connectivity index (χ1v) is 5.86. The Labute approximate surface area is 119 Å². The number of nitrogens with one attached hydrogen (secondary N) is 1. The summed E-state index contributed by atoms with van der Waals surface area (Å²) in [7, 11) is 4.96. The molecule has 6 heteroatoms. The Morgan fingerprint density at radius 2 is 1.74 bits per heavy atom. The molecule has 0 aliphatic carbocycles. The van der Waals surface area contributed by atoms with E-state index < -0.39 is 0 Å². The molecule has 0 unspecified atom stereocenters. The zero-order chi connectivity index (χ0) is 13.1. The van der Waals surface area contributed by atoms with Crippen LogP contribution in [0.2, 0.25) is 0 Å². The quantitative estimate of drug-likeness (QED) is 0.903. The normalized spacial score (nSPS) is 14.1. The fourth-order valence-corrected chi connectivity index (χ4v) is 1.85. The second-order valence-electron chi connectivity index (χ2n) is 4.33. The highest BCUT2D eigenvalue weighted by Gasteiger charge is 2.26. The van der Waals surface area contributed by atoms with Gasteiger partial charge in [0, 0.05) is 31.8 Å². The molecule has 1 amide bonds. The third kappa shape index (κ3) is 3.30. The summed E-state index contributed by atoms with van der Waals surface area (Å²) in [5, 5.41) is 3.15.